The van der Waals surface area contributed by atoms with Crippen LogP contribution in [0.4, 0.5) is 0 Å². The fourth-order valence-electron chi connectivity index (χ4n) is 7.65. The van der Waals surface area contributed by atoms with E-state index in [4.69, 9.17) is 9.47 Å². The highest BCUT2D eigenvalue weighted by Gasteiger charge is 2.47. The lowest BCUT2D eigenvalue weighted by Gasteiger charge is -2.35. The zero-order chi connectivity index (χ0) is 34.6. The molecule has 0 aliphatic heterocycles. The number of fused-ring (bicyclic) bond motifs is 3. The van der Waals surface area contributed by atoms with Gasteiger partial charge in [0.15, 0.2) is 0 Å². The molecule has 1 aliphatic rings. The standard InChI is InChI=1S/C47H38O4/c48-26-28-50-45-24-21-37(31-41(45)34-14-6-2-7-15-34)47(38-22-25-46(51-29-27-49)42(32-38)35-16-8-3-9-17-35)43-19-11-10-18-39(43)40-23-20-36(30-44(40)47)33-12-4-1-5-13-33/h1-25,30-32,48-49H,26-29H2. The molecule has 0 saturated heterocycles. The highest BCUT2D eigenvalue weighted by atomic mass is 16.5. The van der Waals surface area contributed by atoms with Crippen molar-refractivity contribution in [2.75, 3.05) is 26.4 Å². The summed E-state index contributed by atoms with van der Waals surface area (Å²) in [6, 6.07) is 59.7. The first kappa shape index (κ1) is 32.3. The highest BCUT2D eigenvalue weighted by molar-refractivity contribution is 5.90. The number of aliphatic hydroxyl groups excluding tert-OH is 2. The first-order valence-corrected chi connectivity index (χ1v) is 17.4. The minimum atomic E-state index is -0.727. The molecule has 4 heteroatoms. The average molecular weight is 667 g/mol. The predicted molar refractivity (Wildman–Crippen MR) is 205 cm³/mol. The van der Waals surface area contributed by atoms with Crippen molar-refractivity contribution in [1.82, 2.24) is 0 Å². The van der Waals surface area contributed by atoms with Crippen molar-refractivity contribution in [3.05, 3.63) is 192 Å². The zero-order valence-corrected chi connectivity index (χ0v) is 28.2. The van der Waals surface area contributed by atoms with Crippen LogP contribution < -0.4 is 9.47 Å². The Hall–Kier alpha value is -5.94. The zero-order valence-electron chi connectivity index (χ0n) is 28.2. The lowest BCUT2D eigenvalue weighted by molar-refractivity contribution is 0.202. The van der Waals surface area contributed by atoms with Gasteiger partial charge in [0.1, 0.15) is 24.7 Å². The van der Waals surface area contributed by atoms with Crippen LogP contribution in [0, 0.1) is 0 Å². The maximum Gasteiger partial charge on any atom is 0.127 e. The van der Waals surface area contributed by atoms with Crippen LogP contribution in [0.3, 0.4) is 0 Å². The predicted octanol–water partition coefficient (Wildman–Crippen LogP) is 9.79. The summed E-state index contributed by atoms with van der Waals surface area (Å²) < 4.78 is 12.3. The van der Waals surface area contributed by atoms with E-state index in [9.17, 15) is 10.2 Å². The number of ether oxygens (including phenoxy) is 2. The van der Waals surface area contributed by atoms with Gasteiger partial charge in [-0.1, -0.05) is 140 Å². The van der Waals surface area contributed by atoms with Crippen LogP contribution in [0.15, 0.2) is 170 Å². The molecular weight excluding hydrogens is 629 g/mol. The van der Waals surface area contributed by atoms with E-state index in [0.29, 0.717) is 0 Å². The molecule has 0 unspecified atom stereocenters. The number of hydrogen-bond donors (Lipinski definition) is 2. The molecule has 8 rings (SSSR count). The molecule has 7 aromatic rings. The molecule has 4 nitrogen and oxygen atoms in total. The summed E-state index contributed by atoms with van der Waals surface area (Å²) in [4.78, 5) is 0. The van der Waals surface area contributed by atoms with E-state index < -0.39 is 5.41 Å². The average Bonchev–Trinajstić information content (AvgIpc) is 3.50. The Morgan fingerprint density at radius 3 is 1.37 bits per heavy atom. The smallest absolute Gasteiger partial charge is 0.127 e. The molecule has 250 valence electrons. The summed E-state index contributed by atoms with van der Waals surface area (Å²) >= 11 is 0. The van der Waals surface area contributed by atoms with Gasteiger partial charge in [0.25, 0.3) is 0 Å². The van der Waals surface area contributed by atoms with Crippen LogP contribution >= 0.6 is 0 Å². The van der Waals surface area contributed by atoms with Crippen molar-refractivity contribution >= 4 is 0 Å². The molecule has 2 N–H and O–H groups in total. The molecule has 0 heterocycles. The maximum atomic E-state index is 9.69. The van der Waals surface area contributed by atoms with E-state index in [1.54, 1.807) is 0 Å². The van der Waals surface area contributed by atoms with Crippen LogP contribution in [-0.2, 0) is 5.41 Å². The summed E-state index contributed by atoms with van der Waals surface area (Å²) in [7, 11) is 0. The summed E-state index contributed by atoms with van der Waals surface area (Å²) in [6.07, 6.45) is 0. The summed E-state index contributed by atoms with van der Waals surface area (Å²) in [5.74, 6) is 1.44. The molecule has 7 aromatic carbocycles. The minimum Gasteiger partial charge on any atom is -0.491 e. The van der Waals surface area contributed by atoms with Gasteiger partial charge in [0, 0.05) is 11.1 Å². The van der Waals surface area contributed by atoms with Crippen molar-refractivity contribution in [3.63, 3.8) is 0 Å². The van der Waals surface area contributed by atoms with Gasteiger partial charge in [-0.25, -0.2) is 0 Å². The fraction of sp³-hybridized carbons (Fsp3) is 0.106. The molecule has 0 atom stereocenters. The largest absolute Gasteiger partial charge is 0.491 e. The van der Waals surface area contributed by atoms with Crippen LogP contribution in [0.5, 0.6) is 11.5 Å². The molecule has 0 saturated carbocycles. The molecular formula is C47H38O4. The van der Waals surface area contributed by atoms with Gasteiger partial charge in [-0.2, -0.15) is 0 Å². The topological polar surface area (TPSA) is 58.9 Å². The Kier molecular flexibility index (Phi) is 8.94. The summed E-state index contributed by atoms with van der Waals surface area (Å²) in [5.41, 5.74) is 12.5. The van der Waals surface area contributed by atoms with Gasteiger partial charge in [0.2, 0.25) is 0 Å². The van der Waals surface area contributed by atoms with E-state index in [1.165, 1.54) is 22.3 Å². The maximum absolute atomic E-state index is 9.69. The molecule has 0 aromatic heterocycles. The van der Waals surface area contributed by atoms with Crippen LogP contribution in [-0.4, -0.2) is 36.6 Å². The second-order valence-corrected chi connectivity index (χ2v) is 12.7. The normalized spacial score (nSPS) is 12.6. The van der Waals surface area contributed by atoms with E-state index in [-0.39, 0.29) is 26.4 Å². The SMILES string of the molecule is OCCOc1ccc(C2(c3ccc(OCCO)c(-c4ccccc4)c3)c3ccccc3-c3ccc(-c4ccccc4)cc32)cc1-c1ccccc1. The monoisotopic (exact) mass is 666 g/mol. The van der Waals surface area contributed by atoms with Crippen LogP contribution in [0.25, 0.3) is 44.5 Å². The van der Waals surface area contributed by atoms with Gasteiger partial charge < -0.3 is 19.7 Å². The molecule has 0 radical (unpaired) electrons. The lowest BCUT2D eigenvalue weighted by Crippen LogP contribution is -2.29. The first-order chi connectivity index (χ1) is 25.2. The second kappa shape index (κ2) is 14.1. The van der Waals surface area contributed by atoms with Crippen molar-refractivity contribution in [1.29, 1.82) is 0 Å². The summed E-state index contributed by atoms with van der Waals surface area (Å²) in [6.45, 7) is 0.254. The quantitative estimate of drug-likeness (QED) is 0.144. The Morgan fingerprint density at radius 2 is 0.843 bits per heavy atom. The third-order valence-electron chi connectivity index (χ3n) is 9.84. The third-order valence-corrected chi connectivity index (χ3v) is 9.84. The highest BCUT2D eigenvalue weighted by Crippen LogP contribution is 2.58. The van der Waals surface area contributed by atoms with Gasteiger partial charge in [-0.15, -0.1) is 0 Å². The second-order valence-electron chi connectivity index (χ2n) is 12.7. The Morgan fingerprint density at radius 1 is 0.373 bits per heavy atom. The van der Waals surface area contributed by atoms with E-state index in [0.717, 1.165) is 56.0 Å². The van der Waals surface area contributed by atoms with Gasteiger partial charge in [-0.05, 0) is 86.0 Å². The Labute approximate surface area is 298 Å². The van der Waals surface area contributed by atoms with Crippen molar-refractivity contribution in [2.45, 2.75) is 5.41 Å². The molecule has 51 heavy (non-hydrogen) atoms. The number of benzene rings is 7. The van der Waals surface area contributed by atoms with Crippen LogP contribution in [0.2, 0.25) is 0 Å². The van der Waals surface area contributed by atoms with Crippen LogP contribution in [0.1, 0.15) is 22.3 Å². The molecule has 0 amide bonds. The lowest BCUT2D eigenvalue weighted by atomic mass is 9.66. The van der Waals surface area contributed by atoms with E-state index >= 15 is 0 Å². The first-order valence-electron chi connectivity index (χ1n) is 17.4. The Bertz CT molecular complexity index is 2190. The molecule has 1 aliphatic carbocycles. The van der Waals surface area contributed by atoms with Crippen molar-refractivity contribution < 1.29 is 19.7 Å². The number of hydrogen-bond acceptors (Lipinski definition) is 4. The van der Waals surface area contributed by atoms with Gasteiger partial charge in [0.05, 0.1) is 18.6 Å². The van der Waals surface area contributed by atoms with Gasteiger partial charge >= 0.3 is 0 Å². The van der Waals surface area contributed by atoms with Crippen molar-refractivity contribution in [2.24, 2.45) is 0 Å². The molecule has 0 spiro atoms. The summed E-state index contributed by atoms with van der Waals surface area (Å²) in [5, 5.41) is 19.4. The number of rotatable bonds is 11. The van der Waals surface area contributed by atoms with Crippen molar-refractivity contribution in [3.8, 4) is 56.0 Å². The number of aliphatic hydroxyl groups is 2. The third kappa shape index (κ3) is 5.79. The molecule has 0 fully saturated rings. The fourth-order valence-corrected chi connectivity index (χ4v) is 7.65. The van der Waals surface area contributed by atoms with E-state index in [1.807, 2.05) is 54.6 Å². The minimum absolute atomic E-state index is 0.0735. The van der Waals surface area contributed by atoms with E-state index in [2.05, 4.69) is 115 Å². The molecule has 0 bridgehead atoms. The Balaban J connectivity index is 1.47. The van der Waals surface area contributed by atoms with Gasteiger partial charge in [-0.3, -0.25) is 0 Å².